The van der Waals surface area contributed by atoms with Crippen molar-refractivity contribution >= 4 is 35.1 Å². The maximum atomic E-state index is 13.3. The van der Waals surface area contributed by atoms with Gasteiger partial charge in [0.2, 0.25) is 0 Å². The molecular formula is C16H13BClF3N2O3. The van der Waals surface area contributed by atoms with Crippen LogP contribution in [0.4, 0.5) is 13.2 Å². The van der Waals surface area contributed by atoms with E-state index < -0.39 is 29.3 Å². The fourth-order valence-electron chi connectivity index (χ4n) is 2.80. The molecular weight excluding hydrogens is 371 g/mol. The van der Waals surface area contributed by atoms with Crippen LogP contribution in [0, 0.1) is 0 Å². The average molecular weight is 385 g/mol. The first-order chi connectivity index (χ1) is 12.2. The molecule has 5 nitrogen and oxygen atoms in total. The van der Waals surface area contributed by atoms with Crippen molar-refractivity contribution in [3.63, 3.8) is 0 Å². The van der Waals surface area contributed by atoms with Crippen LogP contribution in [0.15, 0.2) is 36.5 Å². The standard InChI is InChI=1S/C16H13BClF3N2O3/c1-26-10-4-2-9(3-5-10)8-23-13-6-12(18)14(16(19,20)21)15(17(24)25)11(13)7-22-23/h2-7,24-25H,8H2,1H3. The summed E-state index contributed by atoms with van der Waals surface area (Å²) in [6.07, 6.45) is -3.67. The largest absolute Gasteiger partial charge is 0.497 e. The van der Waals surface area contributed by atoms with Gasteiger partial charge in [0.1, 0.15) is 5.75 Å². The molecule has 2 N–H and O–H groups in total. The Morgan fingerprint density at radius 3 is 2.42 bits per heavy atom. The molecule has 0 fully saturated rings. The van der Waals surface area contributed by atoms with Gasteiger partial charge in [-0.25, -0.2) is 0 Å². The zero-order valence-electron chi connectivity index (χ0n) is 13.5. The number of fused-ring (bicyclic) bond motifs is 1. The molecule has 10 heteroatoms. The smallest absolute Gasteiger partial charge is 0.489 e. The Kier molecular flexibility index (Phi) is 4.87. The molecule has 0 aliphatic rings. The topological polar surface area (TPSA) is 67.5 Å². The van der Waals surface area contributed by atoms with Gasteiger partial charge < -0.3 is 14.8 Å². The van der Waals surface area contributed by atoms with E-state index in [-0.39, 0.29) is 17.4 Å². The van der Waals surface area contributed by atoms with Crippen molar-refractivity contribution in [3.8, 4) is 5.75 Å². The van der Waals surface area contributed by atoms with Crippen LogP contribution in [0.3, 0.4) is 0 Å². The molecule has 3 aromatic rings. The monoisotopic (exact) mass is 384 g/mol. The van der Waals surface area contributed by atoms with Gasteiger partial charge in [0.25, 0.3) is 0 Å². The minimum Gasteiger partial charge on any atom is -0.497 e. The maximum Gasteiger partial charge on any atom is 0.489 e. The van der Waals surface area contributed by atoms with E-state index in [4.69, 9.17) is 16.3 Å². The Morgan fingerprint density at radius 1 is 1.23 bits per heavy atom. The molecule has 26 heavy (non-hydrogen) atoms. The van der Waals surface area contributed by atoms with Gasteiger partial charge in [0, 0.05) is 10.8 Å². The second kappa shape index (κ2) is 6.83. The third kappa shape index (κ3) is 3.37. The molecule has 0 spiro atoms. The highest BCUT2D eigenvalue weighted by atomic mass is 35.5. The van der Waals surface area contributed by atoms with Crippen molar-refractivity contribution in [3.05, 3.63) is 52.7 Å². The number of nitrogens with zero attached hydrogens (tertiary/aromatic N) is 2. The van der Waals surface area contributed by atoms with Crippen LogP contribution in [-0.4, -0.2) is 34.1 Å². The normalized spacial score (nSPS) is 11.8. The minimum atomic E-state index is -4.83. The van der Waals surface area contributed by atoms with Gasteiger partial charge in [-0.1, -0.05) is 23.7 Å². The third-order valence-corrected chi connectivity index (χ3v) is 4.27. The van der Waals surface area contributed by atoms with Crippen molar-refractivity contribution < 1.29 is 28.0 Å². The Morgan fingerprint density at radius 2 is 1.88 bits per heavy atom. The predicted octanol–water partition coefficient (Wildman–Crippen LogP) is 2.45. The van der Waals surface area contributed by atoms with E-state index in [0.717, 1.165) is 11.6 Å². The van der Waals surface area contributed by atoms with Crippen LogP contribution < -0.4 is 10.2 Å². The van der Waals surface area contributed by atoms with Crippen LogP contribution in [0.1, 0.15) is 11.1 Å². The highest BCUT2D eigenvalue weighted by Gasteiger charge is 2.40. The maximum absolute atomic E-state index is 13.3. The Labute approximate surface area is 151 Å². The van der Waals surface area contributed by atoms with Gasteiger partial charge in [-0.3, -0.25) is 4.68 Å². The van der Waals surface area contributed by atoms with Gasteiger partial charge >= 0.3 is 13.3 Å². The molecule has 136 valence electrons. The summed E-state index contributed by atoms with van der Waals surface area (Å²) < 4.78 is 46.3. The van der Waals surface area contributed by atoms with E-state index in [0.29, 0.717) is 5.75 Å². The molecule has 0 unspecified atom stereocenters. The Bertz CT molecular complexity index is 943. The van der Waals surface area contributed by atoms with Gasteiger partial charge in [0.05, 0.1) is 36.0 Å². The summed E-state index contributed by atoms with van der Waals surface area (Å²) in [6, 6.07) is 8.21. The van der Waals surface area contributed by atoms with E-state index in [2.05, 4.69) is 5.10 Å². The molecule has 2 aromatic carbocycles. The molecule has 1 aromatic heterocycles. The molecule has 1 heterocycles. The summed E-state index contributed by atoms with van der Waals surface area (Å²) in [6.45, 7) is 0.260. The van der Waals surface area contributed by atoms with Crippen LogP contribution in [0.2, 0.25) is 5.02 Å². The van der Waals surface area contributed by atoms with E-state index in [9.17, 15) is 23.2 Å². The first-order valence-corrected chi connectivity index (χ1v) is 7.84. The van der Waals surface area contributed by atoms with Gasteiger partial charge in [0.15, 0.2) is 0 Å². The molecule has 0 atom stereocenters. The summed E-state index contributed by atoms with van der Waals surface area (Å²) >= 11 is 5.81. The van der Waals surface area contributed by atoms with Crippen molar-refractivity contribution in [2.24, 2.45) is 0 Å². The second-order valence-electron chi connectivity index (χ2n) is 5.60. The number of hydrogen-bond donors (Lipinski definition) is 2. The van der Waals surface area contributed by atoms with Crippen LogP contribution >= 0.6 is 11.6 Å². The summed E-state index contributed by atoms with van der Waals surface area (Å²) in [5, 5.41) is 22.4. The highest BCUT2D eigenvalue weighted by molar-refractivity contribution is 6.63. The SMILES string of the molecule is COc1ccc(Cn2ncc3c(B(O)O)c(C(F)(F)F)c(Cl)cc32)cc1. The highest BCUT2D eigenvalue weighted by Crippen LogP contribution is 2.36. The Hall–Kier alpha value is -2.23. The molecule has 0 radical (unpaired) electrons. The minimum absolute atomic E-state index is 0.0229. The van der Waals surface area contributed by atoms with Gasteiger partial charge in [-0.05, 0) is 23.8 Å². The second-order valence-corrected chi connectivity index (χ2v) is 6.01. The number of halogens is 4. The number of hydrogen-bond acceptors (Lipinski definition) is 4. The summed E-state index contributed by atoms with van der Waals surface area (Å²) in [5.41, 5.74) is -0.883. The molecule has 3 rings (SSSR count). The first-order valence-electron chi connectivity index (χ1n) is 7.46. The first kappa shape index (κ1) is 18.6. The van der Waals surface area contributed by atoms with Crippen molar-refractivity contribution in [2.75, 3.05) is 7.11 Å². The number of aromatic nitrogens is 2. The summed E-state index contributed by atoms with van der Waals surface area (Å²) in [5.74, 6) is 0.669. The van der Waals surface area contributed by atoms with Crippen molar-refractivity contribution in [1.29, 1.82) is 0 Å². The van der Waals surface area contributed by atoms with Gasteiger partial charge in [-0.2, -0.15) is 18.3 Å². The molecule has 0 saturated heterocycles. The Balaban J connectivity index is 2.12. The van der Waals surface area contributed by atoms with Crippen LogP contribution in [0.25, 0.3) is 10.9 Å². The predicted molar refractivity (Wildman–Crippen MR) is 91.7 cm³/mol. The fraction of sp³-hybridized carbons (Fsp3) is 0.188. The molecule has 0 saturated carbocycles. The van der Waals surface area contributed by atoms with Gasteiger partial charge in [-0.15, -0.1) is 0 Å². The lowest BCUT2D eigenvalue weighted by molar-refractivity contribution is -0.136. The number of ether oxygens (including phenoxy) is 1. The number of benzene rings is 2. The number of rotatable bonds is 4. The van der Waals surface area contributed by atoms with Crippen LogP contribution in [0.5, 0.6) is 5.75 Å². The van der Waals surface area contributed by atoms with Crippen molar-refractivity contribution in [2.45, 2.75) is 12.7 Å². The average Bonchev–Trinajstić information content (AvgIpc) is 2.95. The van der Waals surface area contributed by atoms with E-state index in [1.807, 2.05) is 0 Å². The van der Waals surface area contributed by atoms with E-state index >= 15 is 0 Å². The molecule has 0 amide bonds. The van der Waals surface area contributed by atoms with E-state index in [1.54, 1.807) is 24.3 Å². The lowest BCUT2D eigenvalue weighted by Gasteiger charge is -2.16. The number of alkyl halides is 3. The number of methoxy groups -OCH3 is 1. The zero-order valence-corrected chi connectivity index (χ0v) is 14.2. The lowest BCUT2D eigenvalue weighted by atomic mass is 9.74. The zero-order chi connectivity index (χ0) is 19.1. The van der Waals surface area contributed by atoms with Crippen LogP contribution in [-0.2, 0) is 12.7 Å². The molecule has 0 bridgehead atoms. The quantitative estimate of drug-likeness (QED) is 0.678. The third-order valence-electron chi connectivity index (χ3n) is 3.98. The van der Waals surface area contributed by atoms with E-state index in [1.165, 1.54) is 18.0 Å². The molecule has 0 aliphatic heterocycles. The molecule has 0 aliphatic carbocycles. The lowest BCUT2D eigenvalue weighted by Crippen LogP contribution is -2.37. The summed E-state index contributed by atoms with van der Waals surface area (Å²) in [4.78, 5) is 0. The van der Waals surface area contributed by atoms with Crippen molar-refractivity contribution in [1.82, 2.24) is 9.78 Å². The fourth-order valence-corrected chi connectivity index (χ4v) is 3.11. The summed E-state index contributed by atoms with van der Waals surface area (Å²) in [7, 11) is -0.802.